The highest BCUT2D eigenvalue weighted by Crippen LogP contribution is 2.17. The van der Waals surface area contributed by atoms with Gasteiger partial charge in [0, 0.05) is 26.3 Å². The van der Waals surface area contributed by atoms with Crippen molar-refractivity contribution in [2.75, 3.05) is 39.4 Å². The molecule has 0 atom stereocenters. The number of nitrogens with two attached hydrogens (primary N) is 1. The number of piperidine rings is 1. The molecular formula is C13H27Cl2N3O2. The highest BCUT2D eigenvalue weighted by molar-refractivity contribution is 5.86. The Morgan fingerprint density at radius 1 is 1.15 bits per heavy atom. The summed E-state index contributed by atoms with van der Waals surface area (Å²) in [5.41, 5.74) is 5.41. The maximum atomic E-state index is 12.1. The largest absolute Gasteiger partial charge is 0.381 e. The van der Waals surface area contributed by atoms with Crippen LogP contribution in [-0.2, 0) is 9.53 Å². The van der Waals surface area contributed by atoms with E-state index in [2.05, 4.69) is 10.2 Å². The van der Waals surface area contributed by atoms with Gasteiger partial charge >= 0.3 is 0 Å². The van der Waals surface area contributed by atoms with Crippen molar-refractivity contribution >= 4 is 30.7 Å². The predicted molar refractivity (Wildman–Crippen MR) is 84.8 cm³/mol. The average Bonchev–Trinajstić information content (AvgIpc) is 2.41. The lowest BCUT2D eigenvalue weighted by Crippen LogP contribution is -2.57. The topological polar surface area (TPSA) is 67.6 Å². The molecule has 0 spiro atoms. The molecule has 2 fully saturated rings. The van der Waals surface area contributed by atoms with E-state index in [0.717, 1.165) is 19.6 Å². The van der Waals surface area contributed by atoms with Crippen molar-refractivity contribution < 1.29 is 9.53 Å². The van der Waals surface area contributed by atoms with E-state index in [1.165, 1.54) is 19.3 Å². The summed E-state index contributed by atoms with van der Waals surface area (Å²) < 4.78 is 5.25. The Morgan fingerprint density at radius 2 is 1.75 bits per heavy atom. The lowest BCUT2D eigenvalue weighted by atomic mass is 9.90. The van der Waals surface area contributed by atoms with Gasteiger partial charge in [-0.15, -0.1) is 24.8 Å². The average molecular weight is 328 g/mol. The number of halogens is 2. The molecule has 2 aliphatic rings. The minimum absolute atomic E-state index is 0. The van der Waals surface area contributed by atoms with Gasteiger partial charge < -0.3 is 20.7 Å². The van der Waals surface area contributed by atoms with E-state index >= 15 is 0 Å². The number of amides is 1. The van der Waals surface area contributed by atoms with E-state index in [-0.39, 0.29) is 30.7 Å². The number of hydrogen-bond donors (Lipinski definition) is 2. The van der Waals surface area contributed by atoms with E-state index in [1.54, 1.807) is 0 Å². The van der Waals surface area contributed by atoms with Gasteiger partial charge in [-0.2, -0.15) is 0 Å². The number of rotatable bonds is 4. The van der Waals surface area contributed by atoms with Crippen LogP contribution in [-0.4, -0.2) is 55.7 Å². The Morgan fingerprint density at radius 3 is 2.35 bits per heavy atom. The number of nitrogens with zero attached hydrogens (tertiary/aromatic N) is 1. The fourth-order valence-corrected chi connectivity index (χ4v) is 2.65. The first-order chi connectivity index (χ1) is 8.71. The molecule has 20 heavy (non-hydrogen) atoms. The molecule has 2 saturated heterocycles. The lowest BCUT2D eigenvalue weighted by molar-refractivity contribution is -0.129. The van der Waals surface area contributed by atoms with Gasteiger partial charge in [0.2, 0.25) is 5.91 Å². The molecule has 0 aliphatic carbocycles. The number of carbonyl (C=O) groups is 1. The van der Waals surface area contributed by atoms with Gasteiger partial charge in [0.05, 0.1) is 5.54 Å². The fourth-order valence-electron chi connectivity index (χ4n) is 2.65. The van der Waals surface area contributed by atoms with Crippen LogP contribution in [0.4, 0.5) is 0 Å². The van der Waals surface area contributed by atoms with Gasteiger partial charge in [0.1, 0.15) is 0 Å². The number of carbonyl (C=O) groups excluding carboxylic acids is 1. The Balaban J connectivity index is 0.00000180. The first-order valence-electron chi connectivity index (χ1n) is 7.08. The van der Waals surface area contributed by atoms with Gasteiger partial charge in [-0.25, -0.2) is 0 Å². The molecule has 5 nitrogen and oxygen atoms in total. The van der Waals surface area contributed by atoms with Crippen LogP contribution in [0.1, 0.15) is 32.1 Å². The number of likely N-dealkylation sites (tertiary alicyclic amines) is 1. The van der Waals surface area contributed by atoms with E-state index in [9.17, 15) is 4.79 Å². The van der Waals surface area contributed by atoms with Crippen molar-refractivity contribution in [3.63, 3.8) is 0 Å². The van der Waals surface area contributed by atoms with Crippen LogP contribution in [0.25, 0.3) is 0 Å². The summed E-state index contributed by atoms with van der Waals surface area (Å²) in [6.07, 6.45) is 5.16. The molecule has 120 valence electrons. The Hall–Kier alpha value is -0.0700. The Bertz CT molecular complexity index is 281. The zero-order valence-corrected chi connectivity index (χ0v) is 13.6. The summed E-state index contributed by atoms with van der Waals surface area (Å²) in [4.78, 5) is 14.5. The fraction of sp³-hybridized carbons (Fsp3) is 0.923. The zero-order valence-electron chi connectivity index (χ0n) is 11.9. The molecule has 0 radical (unpaired) electrons. The molecule has 0 saturated carbocycles. The molecule has 3 N–H and O–H groups in total. The van der Waals surface area contributed by atoms with E-state index in [1.807, 2.05) is 0 Å². The number of nitrogens with one attached hydrogen (secondary N) is 1. The quantitative estimate of drug-likeness (QED) is 0.806. The van der Waals surface area contributed by atoms with Crippen LogP contribution >= 0.6 is 24.8 Å². The first-order valence-corrected chi connectivity index (χ1v) is 7.08. The summed E-state index contributed by atoms with van der Waals surface area (Å²) in [5, 5.41) is 2.98. The Labute approximate surface area is 133 Å². The molecule has 0 unspecified atom stereocenters. The third-order valence-corrected chi connectivity index (χ3v) is 4.00. The molecular weight excluding hydrogens is 301 g/mol. The maximum Gasteiger partial charge on any atom is 0.240 e. The van der Waals surface area contributed by atoms with Crippen LogP contribution in [0.15, 0.2) is 0 Å². The van der Waals surface area contributed by atoms with Gasteiger partial charge in [0.15, 0.2) is 0 Å². The van der Waals surface area contributed by atoms with Crippen molar-refractivity contribution in [3.05, 3.63) is 0 Å². The first kappa shape index (κ1) is 19.9. The SMILES string of the molecule is Cl.Cl.NC1(C(=O)NCCN2CCCCC2)CCOCC1. The summed E-state index contributed by atoms with van der Waals surface area (Å²) in [5.74, 6) is -0.0113. The van der Waals surface area contributed by atoms with Gasteiger partial charge in [-0.3, -0.25) is 4.79 Å². The molecule has 0 aromatic carbocycles. The number of hydrogen-bond acceptors (Lipinski definition) is 4. The maximum absolute atomic E-state index is 12.1. The summed E-state index contributed by atoms with van der Waals surface area (Å²) >= 11 is 0. The third kappa shape index (κ3) is 5.74. The van der Waals surface area contributed by atoms with Crippen molar-refractivity contribution in [3.8, 4) is 0 Å². The highest BCUT2D eigenvalue weighted by Gasteiger charge is 2.35. The molecule has 0 aromatic heterocycles. The highest BCUT2D eigenvalue weighted by atomic mass is 35.5. The zero-order chi connectivity index (χ0) is 12.8. The van der Waals surface area contributed by atoms with Crippen LogP contribution in [0.2, 0.25) is 0 Å². The summed E-state index contributed by atoms with van der Waals surface area (Å²) in [6.45, 7) is 5.16. The van der Waals surface area contributed by atoms with Crippen LogP contribution < -0.4 is 11.1 Å². The summed E-state index contributed by atoms with van der Waals surface area (Å²) in [7, 11) is 0. The predicted octanol–water partition coefficient (Wildman–Crippen LogP) is 0.940. The molecule has 0 aromatic rings. The minimum Gasteiger partial charge on any atom is -0.381 e. The summed E-state index contributed by atoms with van der Waals surface area (Å²) in [6, 6.07) is 0. The smallest absolute Gasteiger partial charge is 0.240 e. The monoisotopic (exact) mass is 327 g/mol. The molecule has 7 heteroatoms. The van der Waals surface area contributed by atoms with Crippen molar-refractivity contribution in [1.82, 2.24) is 10.2 Å². The van der Waals surface area contributed by atoms with Gasteiger partial charge in [-0.1, -0.05) is 6.42 Å². The normalized spacial score (nSPS) is 22.2. The second kappa shape index (κ2) is 9.79. The minimum atomic E-state index is -0.708. The lowest BCUT2D eigenvalue weighted by Gasteiger charge is -2.32. The van der Waals surface area contributed by atoms with E-state index in [0.29, 0.717) is 32.6 Å². The molecule has 2 heterocycles. The standard InChI is InChI=1S/C13H25N3O2.2ClH/c14-13(4-10-18-11-5-13)12(17)15-6-9-16-7-2-1-3-8-16;;/h1-11,14H2,(H,15,17);2*1H. The molecule has 2 aliphatic heterocycles. The molecule has 2 rings (SSSR count). The van der Waals surface area contributed by atoms with Crippen LogP contribution in [0, 0.1) is 0 Å². The van der Waals surface area contributed by atoms with E-state index in [4.69, 9.17) is 10.5 Å². The second-order valence-electron chi connectivity index (χ2n) is 5.43. The van der Waals surface area contributed by atoms with Crippen LogP contribution in [0.5, 0.6) is 0 Å². The van der Waals surface area contributed by atoms with Crippen molar-refractivity contribution in [2.45, 2.75) is 37.6 Å². The Kier molecular flexibility index (Phi) is 9.76. The van der Waals surface area contributed by atoms with Gasteiger partial charge in [0.25, 0.3) is 0 Å². The van der Waals surface area contributed by atoms with E-state index < -0.39 is 5.54 Å². The third-order valence-electron chi connectivity index (χ3n) is 4.00. The van der Waals surface area contributed by atoms with Gasteiger partial charge in [-0.05, 0) is 38.8 Å². The number of ether oxygens (including phenoxy) is 1. The second-order valence-corrected chi connectivity index (χ2v) is 5.43. The molecule has 0 bridgehead atoms. The van der Waals surface area contributed by atoms with Crippen molar-refractivity contribution in [2.24, 2.45) is 5.73 Å². The van der Waals surface area contributed by atoms with Crippen molar-refractivity contribution in [1.29, 1.82) is 0 Å². The molecule has 1 amide bonds. The van der Waals surface area contributed by atoms with Crippen LogP contribution in [0.3, 0.4) is 0 Å².